The number of hydrogen-bond acceptors (Lipinski definition) is 5. The molecule has 14 heavy (non-hydrogen) atoms. The molecule has 76 valence electrons. The van der Waals surface area contributed by atoms with Crippen LogP contribution in [-0.2, 0) is 16.1 Å². The molecule has 1 aromatic carbocycles. The molecule has 0 spiro atoms. The summed E-state index contributed by atoms with van der Waals surface area (Å²) in [6.45, 7) is 0. The highest BCUT2D eigenvalue weighted by atomic mass is 16.7. The average molecular weight is 196 g/mol. The van der Waals surface area contributed by atoms with E-state index < -0.39 is 12.0 Å². The average Bonchev–Trinajstić information content (AvgIpc) is 2.26. The van der Waals surface area contributed by atoms with Crippen LogP contribution in [0.1, 0.15) is 5.56 Å². The van der Waals surface area contributed by atoms with Gasteiger partial charge in [-0.1, -0.05) is 30.3 Å². The highest BCUT2D eigenvalue weighted by Gasteiger charge is 2.18. The van der Waals surface area contributed by atoms with Crippen LogP contribution in [0.3, 0.4) is 0 Å². The van der Waals surface area contributed by atoms with E-state index in [1.54, 1.807) is 0 Å². The lowest BCUT2D eigenvalue weighted by molar-refractivity contribution is -0.149. The maximum absolute atomic E-state index is 11.0. The molecule has 5 heteroatoms. The molecule has 0 bridgehead atoms. The summed E-state index contributed by atoms with van der Waals surface area (Å²) in [4.78, 5) is 15.0. The predicted octanol–water partition coefficient (Wildman–Crippen LogP) is -0.00660. The summed E-state index contributed by atoms with van der Waals surface area (Å²) in [6.07, 6.45) is 0.327. The molecule has 1 aromatic rings. The molecule has 1 rings (SSSR count). The molecule has 0 aliphatic carbocycles. The first kappa shape index (κ1) is 10.6. The Balaban J connectivity index is 2.62. The number of nitrogens with two attached hydrogens (primary N) is 1. The molecule has 0 aromatic heterocycles. The smallest absolute Gasteiger partial charge is 0.344 e. The molecular weight excluding hydrogens is 184 g/mol. The van der Waals surface area contributed by atoms with Crippen molar-refractivity contribution in [3.05, 3.63) is 35.9 Å². The Morgan fingerprint density at radius 2 is 2.14 bits per heavy atom. The lowest BCUT2D eigenvalue weighted by Crippen LogP contribution is -2.39. The van der Waals surface area contributed by atoms with Gasteiger partial charge in [0, 0.05) is 6.42 Å². The van der Waals surface area contributed by atoms with Crippen molar-refractivity contribution >= 4 is 5.97 Å². The number of hydroxylamine groups is 1. The van der Waals surface area contributed by atoms with Crippen LogP contribution in [0.4, 0.5) is 0 Å². The van der Waals surface area contributed by atoms with Crippen molar-refractivity contribution in [1.82, 2.24) is 5.48 Å². The Bertz CT molecular complexity index is 289. The normalized spacial score (nSPS) is 12.1. The molecule has 0 heterocycles. The third kappa shape index (κ3) is 2.81. The van der Waals surface area contributed by atoms with Crippen molar-refractivity contribution in [2.24, 2.45) is 5.90 Å². The van der Waals surface area contributed by atoms with E-state index in [-0.39, 0.29) is 0 Å². The number of benzene rings is 1. The first-order valence-corrected chi connectivity index (χ1v) is 4.12. The van der Waals surface area contributed by atoms with Gasteiger partial charge in [-0.2, -0.15) is 11.4 Å². The second-order valence-corrected chi connectivity index (χ2v) is 2.81. The van der Waals surface area contributed by atoms with Crippen LogP contribution in [0.5, 0.6) is 0 Å². The zero-order valence-electron chi connectivity index (χ0n) is 7.51. The van der Waals surface area contributed by atoms with E-state index in [1.807, 2.05) is 35.8 Å². The van der Waals surface area contributed by atoms with Crippen LogP contribution < -0.4 is 11.4 Å². The number of carbonyl (C=O) groups is 1. The van der Waals surface area contributed by atoms with Crippen molar-refractivity contribution in [3.8, 4) is 0 Å². The van der Waals surface area contributed by atoms with E-state index in [2.05, 4.69) is 4.84 Å². The van der Waals surface area contributed by atoms with Crippen LogP contribution >= 0.6 is 0 Å². The molecule has 4 N–H and O–H groups in total. The number of rotatable bonds is 4. The molecule has 0 aliphatic rings. The molecule has 0 unspecified atom stereocenters. The van der Waals surface area contributed by atoms with Gasteiger partial charge in [-0.3, -0.25) is 0 Å². The van der Waals surface area contributed by atoms with Crippen molar-refractivity contribution < 1.29 is 14.8 Å². The van der Waals surface area contributed by atoms with E-state index in [1.165, 1.54) is 0 Å². The summed E-state index contributed by atoms with van der Waals surface area (Å²) in [5, 5.41) is 8.68. The van der Waals surface area contributed by atoms with Crippen LogP contribution in [0.2, 0.25) is 0 Å². The van der Waals surface area contributed by atoms with Gasteiger partial charge in [0.1, 0.15) is 6.04 Å². The minimum Gasteiger partial charge on any atom is -0.372 e. The maximum atomic E-state index is 11.0. The van der Waals surface area contributed by atoms with E-state index >= 15 is 0 Å². The lowest BCUT2D eigenvalue weighted by atomic mass is 10.1. The van der Waals surface area contributed by atoms with Crippen LogP contribution in [0.25, 0.3) is 0 Å². The molecule has 0 aliphatic heterocycles. The minimum absolute atomic E-state index is 0.327. The Morgan fingerprint density at radius 1 is 1.50 bits per heavy atom. The molecule has 0 saturated carbocycles. The Labute approximate surface area is 81.4 Å². The molecule has 0 saturated heterocycles. The van der Waals surface area contributed by atoms with Crippen LogP contribution in [-0.4, -0.2) is 17.2 Å². The van der Waals surface area contributed by atoms with Gasteiger partial charge in [-0.05, 0) is 5.56 Å². The zero-order chi connectivity index (χ0) is 10.4. The first-order valence-electron chi connectivity index (χ1n) is 4.12. The van der Waals surface area contributed by atoms with Gasteiger partial charge < -0.3 is 10.0 Å². The van der Waals surface area contributed by atoms with Gasteiger partial charge in [0.05, 0.1) is 0 Å². The molecular formula is C9H12N2O3. The standard InChI is InChI=1S/C9H12N2O3/c10-14-9(12)8(11-13)6-7-4-2-1-3-5-7/h1-5,8,11,13H,6,10H2/t8-/m0/s1. The van der Waals surface area contributed by atoms with E-state index in [4.69, 9.17) is 11.1 Å². The lowest BCUT2D eigenvalue weighted by Gasteiger charge is -2.11. The summed E-state index contributed by atoms with van der Waals surface area (Å²) in [5.41, 5.74) is 2.75. The summed E-state index contributed by atoms with van der Waals surface area (Å²) in [7, 11) is 0. The van der Waals surface area contributed by atoms with E-state index in [0.29, 0.717) is 6.42 Å². The third-order valence-corrected chi connectivity index (χ3v) is 1.84. The highest BCUT2D eigenvalue weighted by Crippen LogP contribution is 2.03. The summed E-state index contributed by atoms with van der Waals surface area (Å²) >= 11 is 0. The van der Waals surface area contributed by atoms with Gasteiger partial charge in [0.25, 0.3) is 0 Å². The fourth-order valence-corrected chi connectivity index (χ4v) is 1.11. The highest BCUT2D eigenvalue weighted by molar-refractivity contribution is 5.75. The van der Waals surface area contributed by atoms with Crippen molar-refractivity contribution in [3.63, 3.8) is 0 Å². The minimum atomic E-state index is -0.831. The molecule has 0 radical (unpaired) electrons. The largest absolute Gasteiger partial charge is 0.372 e. The Morgan fingerprint density at radius 3 is 2.64 bits per heavy atom. The van der Waals surface area contributed by atoms with Gasteiger partial charge in [0.2, 0.25) is 0 Å². The van der Waals surface area contributed by atoms with E-state index in [0.717, 1.165) is 5.56 Å². The second kappa shape index (κ2) is 5.33. The van der Waals surface area contributed by atoms with Gasteiger partial charge >= 0.3 is 5.97 Å². The van der Waals surface area contributed by atoms with Gasteiger partial charge in [-0.25, -0.2) is 4.79 Å². The summed E-state index contributed by atoms with van der Waals surface area (Å²) in [5.74, 6) is 4.00. The molecule has 0 fully saturated rings. The van der Waals surface area contributed by atoms with Gasteiger partial charge in [-0.15, -0.1) is 0 Å². The fourth-order valence-electron chi connectivity index (χ4n) is 1.11. The second-order valence-electron chi connectivity index (χ2n) is 2.81. The summed E-state index contributed by atoms with van der Waals surface area (Å²) in [6, 6.07) is 8.41. The first-order chi connectivity index (χ1) is 6.77. The summed E-state index contributed by atoms with van der Waals surface area (Å²) < 4.78 is 0. The topological polar surface area (TPSA) is 84.6 Å². The zero-order valence-corrected chi connectivity index (χ0v) is 7.51. The van der Waals surface area contributed by atoms with Crippen molar-refractivity contribution in [2.45, 2.75) is 12.5 Å². The molecule has 0 amide bonds. The number of hydrogen-bond donors (Lipinski definition) is 3. The Hall–Kier alpha value is -1.43. The quantitative estimate of drug-likeness (QED) is 0.590. The third-order valence-electron chi connectivity index (χ3n) is 1.84. The van der Waals surface area contributed by atoms with Crippen molar-refractivity contribution in [1.29, 1.82) is 0 Å². The van der Waals surface area contributed by atoms with Crippen LogP contribution in [0, 0.1) is 0 Å². The fraction of sp³-hybridized carbons (Fsp3) is 0.222. The Kier molecular flexibility index (Phi) is 4.06. The monoisotopic (exact) mass is 196 g/mol. The van der Waals surface area contributed by atoms with Crippen molar-refractivity contribution in [2.75, 3.05) is 0 Å². The molecule has 1 atom stereocenters. The van der Waals surface area contributed by atoms with Crippen LogP contribution in [0.15, 0.2) is 30.3 Å². The number of nitrogens with one attached hydrogen (secondary N) is 1. The van der Waals surface area contributed by atoms with E-state index in [9.17, 15) is 4.79 Å². The van der Waals surface area contributed by atoms with Gasteiger partial charge in [0.15, 0.2) is 0 Å². The molecule has 5 nitrogen and oxygen atoms in total. The SMILES string of the molecule is NOC(=O)[C@H](Cc1ccccc1)NO. The maximum Gasteiger partial charge on any atom is 0.344 e. The predicted molar refractivity (Wildman–Crippen MR) is 49.1 cm³/mol. The number of carbonyl (C=O) groups excluding carboxylic acids is 1.